The van der Waals surface area contributed by atoms with E-state index >= 15 is 0 Å². The summed E-state index contributed by atoms with van der Waals surface area (Å²) in [5, 5.41) is 0. The van der Waals surface area contributed by atoms with Crippen molar-refractivity contribution in [1.82, 2.24) is 0 Å². The lowest BCUT2D eigenvalue weighted by atomic mass is 9.79. The molecule has 0 radical (unpaired) electrons. The predicted molar refractivity (Wildman–Crippen MR) is 180 cm³/mol. The van der Waals surface area contributed by atoms with Crippen LogP contribution in [0.15, 0.2) is 0 Å². The van der Waals surface area contributed by atoms with Crippen molar-refractivity contribution in [2.75, 3.05) is 13.1 Å². The highest BCUT2D eigenvalue weighted by Gasteiger charge is 2.49. The van der Waals surface area contributed by atoms with E-state index in [-0.39, 0.29) is 0 Å². The molecule has 0 spiro atoms. The van der Waals surface area contributed by atoms with E-state index in [1.165, 1.54) is 161 Å². The van der Waals surface area contributed by atoms with Gasteiger partial charge in [0.25, 0.3) is 0 Å². The van der Waals surface area contributed by atoms with Crippen LogP contribution in [0.25, 0.3) is 0 Å². The summed E-state index contributed by atoms with van der Waals surface area (Å²) >= 11 is 0. The van der Waals surface area contributed by atoms with Crippen LogP contribution in [0.5, 0.6) is 0 Å². The van der Waals surface area contributed by atoms with Crippen LogP contribution in [-0.4, -0.2) is 19.3 Å². The molecule has 0 aliphatic carbocycles. The lowest BCUT2D eigenvalue weighted by Crippen LogP contribution is -2.35. The second-order valence-electron chi connectivity index (χ2n) is 13.7. The first-order valence-corrected chi connectivity index (χ1v) is 18.8. The average Bonchev–Trinajstić information content (AvgIpc) is 2.96. The molecular formula is C37H75F3N2. The molecular weight excluding hydrogens is 529 g/mol. The molecule has 0 saturated heterocycles. The van der Waals surface area contributed by atoms with Crippen LogP contribution in [0.3, 0.4) is 0 Å². The van der Waals surface area contributed by atoms with E-state index in [0.29, 0.717) is 12.8 Å². The first kappa shape index (κ1) is 41.7. The molecule has 0 rings (SSSR count). The SMILES string of the molecule is CC(CCCCCCCCCCCCCCCCCN)(CCCCCCCCCCCCCCCCCN)C(F)(F)F. The minimum atomic E-state index is -4.08. The number of nitrogens with two attached hydrogens (primary N) is 2. The Morgan fingerprint density at radius 3 is 0.643 bits per heavy atom. The van der Waals surface area contributed by atoms with Gasteiger partial charge in [0.1, 0.15) is 0 Å². The van der Waals surface area contributed by atoms with Crippen molar-refractivity contribution in [3.8, 4) is 0 Å². The molecule has 0 aliphatic heterocycles. The number of alkyl halides is 3. The van der Waals surface area contributed by atoms with Crippen LogP contribution in [-0.2, 0) is 0 Å². The van der Waals surface area contributed by atoms with Gasteiger partial charge in [0, 0.05) is 0 Å². The van der Waals surface area contributed by atoms with Crippen molar-refractivity contribution in [3.63, 3.8) is 0 Å². The third-order valence-electron chi connectivity index (χ3n) is 9.55. The monoisotopic (exact) mass is 605 g/mol. The van der Waals surface area contributed by atoms with E-state index in [4.69, 9.17) is 11.5 Å². The Balaban J connectivity index is 3.63. The molecule has 0 aliphatic rings. The molecule has 0 saturated carbocycles. The zero-order valence-electron chi connectivity index (χ0n) is 28.3. The van der Waals surface area contributed by atoms with Gasteiger partial charge in [-0.3, -0.25) is 0 Å². The van der Waals surface area contributed by atoms with Crippen LogP contribution in [0.1, 0.15) is 212 Å². The van der Waals surface area contributed by atoms with Crippen LogP contribution in [0.2, 0.25) is 0 Å². The van der Waals surface area contributed by atoms with Crippen LogP contribution in [0.4, 0.5) is 13.2 Å². The summed E-state index contributed by atoms with van der Waals surface area (Å²) in [4.78, 5) is 0. The zero-order chi connectivity index (χ0) is 31.0. The van der Waals surface area contributed by atoms with Crippen molar-refractivity contribution in [2.45, 2.75) is 219 Å². The van der Waals surface area contributed by atoms with E-state index in [0.717, 1.165) is 51.6 Å². The largest absolute Gasteiger partial charge is 0.394 e. The Labute approximate surface area is 261 Å². The van der Waals surface area contributed by atoms with Crippen LogP contribution < -0.4 is 11.5 Å². The van der Waals surface area contributed by atoms with Gasteiger partial charge >= 0.3 is 6.18 Å². The van der Waals surface area contributed by atoms with Gasteiger partial charge in [0.05, 0.1) is 5.41 Å². The first-order valence-electron chi connectivity index (χ1n) is 18.8. The molecule has 5 heteroatoms. The maximum absolute atomic E-state index is 13.9. The van der Waals surface area contributed by atoms with Crippen molar-refractivity contribution >= 4 is 0 Å². The summed E-state index contributed by atoms with van der Waals surface area (Å²) in [5.41, 5.74) is 9.56. The minimum Gasteiger partial charge on any atom is -0.330 e. The minimum absolute atomic E-state index is 0.302. The maximum atomic E-state index is 13.9. The fraction of sp³-hybridized carbons (Fsp3) is 1.00. The quantitative estimate of drug-likeness (QED) is 0.0718. The van der Waals surface area contributed by atoms with E-state index < -0.39 is 11.6 Å². The summed E-state index contributed by atoms with van der Waals surface area (Å²) in [6, 6.07) is 0. The van der Waals surface area contributed by atoms with Gasteiger partial charge in [-0.15, -0.1) is 0 Å². The van der Waals surface area contributed by atoms with Gasteiger partial charge < -0.3 is 11.5 Å². The molecule has 0 bridgehead atoms. The standard InChI is InChI=1S/C37H75F3N2/c1-36(37(38,39)40,32-28-24-20-16-12-8-4-2-6-10-14-18-22-26-30-34-41)33-29-25-21-17-13-9-5-3-7-11-15-19-23-27-31-35-42/h2-35,41-42H2,1H3. The summed E-state index contributed by atoms with van der Waals surface area (Å²) in [6.07, 6.45) is 33.2. The molecule has 0 atom stereocenters. The van der Waals surface area contributed by atoms with E-state index in [1.54, 1.807) is 0 Å². The van der Waals surface area contributed by atoms with Gasteiger partial charge in [-0.1, -0.05) is 187 Å². The molecule has 254 valence electrons. The molecule has 4 N–H and O–H groups in total. The average molecular weight is 605 g/mol. The Hall–Kier alpha value is -0.290. The number of rotatable bonds is 34. The number of halogens is 3. The van der Waals surface area contributed by atoms with Crippen molar-refractivity contribution in [1.29, 1.82) is 0 Å². The predicted octanol–water partition coefficient (Wildman–Crippen LogP) is 13.0. The molecule has 0 unspecified atom stereocenters. The molecule has 0 fully saturated rings. The number of unbranched alkanes of at least 4 members (excludes halogenated alkanes) is 28. The molecule has 0 heterocycles. The van der Waals surface area contributed by atoms with Crippen molar-refractivity contribution in [3.05, 3.63) is 0 Å². The summed E-state index contributed by atoms with van der Waals surface area (Å²) in [5.74, 6) is 0. The second-order valence-corrected chi connectivity index (χ2v) is 13.7. The fourth-order valence-electron chi connectivity index (χ4n) is 6.32. The molecule has 0 aromatic heterocycles. The van der Waals surface area contributed by atoms with Gasteiger partial charge in [-0.05, 0) is 38.8 Å². The summed E-state index contributed by atoms with van der Waals surface area (Å²) < 4.78 is 41.7. The fourth-order valence-corrected chi connectivity index (χ4v) is 6.32. The second kappa shape index (κ2) is 30.7. The van der Waals surface area contributed by atoms with Gasteiger partial charge in [-0.2, -0.15) is 13.2 Å². The topological polar surface area (TPSA) is 52.0 Å². The van der Waals surface area contributed by atoms with Gasteiger partial charge in [0.15, 0.2) is 0 Å². The highest BCUT2D eigenvalue weighted by atomic mass is 19.4. The highest BCUT2D eigenvalue weighted by molar-refractivity contribution is 4.82. The maximum Gasteiger partial charge on any atom is 0.394 e. The van der Waals surface area contributed by atoms with E-state index in [1.807, 2.05) is 0 Å². The third-order valence-corrected chi connectivity index (χ3v) is 9.55. The summed E-state index contributed by atoms with van der Waals surface area (Å²) in [7, 11) is 0. The Kier molecular flexibility index (Phi) is 30.5. The zero-order valence-corrected chi connectivity index (χ0v) is 28.3. The summed E-state index contributed by atoms with van der Waals surface area (Å²) in [6.45, 7) is 3.13. The lowest BCUT2D eigenvalue weighted by molar-refractivity contribution is -0.223. The molecule has 2 nitrogen and oxygen atoms in total. The van der Waals surface area contributed by atoms with E-state index in [2.05, 4.69) is 0 Å². The van der Waals surface area contributed by atoms with Crippen molar-refractivity contribution in [2.24, 2.45) is 16.9 Å². The Morgan fingerprint density at radius 1 is 0.310 bits per heavy atom. The number of hydrogen-bond donors (Lipinski definition) is 2. The van der Waals surface area contributed by atoms with Crippen LogP contribution >= 0.6 is 0 Å². The third kappa shape index (κ3) is 27.3. The lowest BCUT2D eigenvalue weighted by Gasteiger charge is -2.32. The molecule has 0 amide bonds. The molecule has 0 aromatic rings. The Bertz CT molecular complexity index is 488. The highest BCUT2D eigenvalue weighted by Crippen LogP contribution is 2.46. The van der Waals surface area contributed by atoms with Crippen LogP contribution in [0, 0.1) is 5.41 Å². The normalized spacial score (nSPS) is 12.4. The van der Waals surface area contributed by atoms with E-state index in [9.17, 15) is 13.2 Å². The van der Waals surface area contributed by atoms with Gasteiger partial charge in [0.2, 0.25) is 0 Å². The Morgan fingerprint density at radius 2 is 0.476 bits per heavy atom. The van der Waals surface area contributed by atoms with Gasteiger partial charge in [-0.25, -0.2) is 0 Å². The van der Waals surface area contributed by atoms with Crippen molar-refractivity contribution < 1.29 is 13.2 Å². The smallest absolute Gasteiger partial charge is 0.330 e. The molecule has 0 aromatic carbocycles. The molecule has 42 heavy (non-hydrogen) atoms. The number of hydrogen-bond acceptors (Lipinski definition) is 2. The first-order chi connectivity index (χ1) is 20.4.